The number of halogens is 1. The number of nitrogens with one attached hydrogen (secondary N) is 1. The number of aromatic nitrogens is 4. The Morgan fingerprint density at radius 3 is 2.53 bits per heavy atom. The van der Waals surface area contributed by atoms with E-state index in [4.69, 9.17) is 21.6 Å². The zero-order valence-electron chi connectivity index (χ0n) is 19.1. The number of amides is 1. The van der Waals surface area contributed by atoms with Crippen LogP contribution in [0.3, 0.4) is 0 Å². The van der Waals surface area contributed by atoms with E-state index < -0.39 is 23.9 Å². The fourth-order valence-corrected chi connectivity index (χ4v) is 3.59. The summed E-state index contributed by atoms with van der Waals surface area (Å²) in [6.45, 7) is 6.34. The van der Waals surface area contributed by atoms with Crippen molar-refractivity contribution in [1.82, 2.24) is 24.9 Å². The van der Waals surface area contributed by atoms with Crippen molar-refractivity contribution >= 4 is 29.4 Å². The molecule has 11 heteroatoms. The standard InChI is InChI=1S/C23H23ClN6O4/c1-13(12-29-8-7-20(27-29)17-5-6-18(11-25)19(24)9-17)26-23(33)21-10-22(14(2)34-16(4)32)30(28-21)15(3)31/h5-10,13-14H,12H2,1-4H3,(H,26,33). The maximum atomic E-state index is 12.7. The van der Waals surface area contributed by atoms with Gasteiger partial charge in [0.15, 0.2) is 5.69 Å². The Bertz CT molecular complexity index is 1290. The van der Waals surface area contributed by atoms with Crippen LogP contribution in [-0.4, -0.2) is 43.4 Å². The molecule has 3 aromatic rings. The van der Waals surface area contributed by atoms with Gasteiger partial charge in [-0.25, -0.2) is 4.68 Å². The van der Waals surface area contributed by atoms with Crippen LogP contribution in [0.4, 0.5) is 0 Å². The Balaban J connectivity index is 1.69. The van der Waals surface area contributed by atoms with Crippen LogP contribution in [0.1, 0.15) is 60.3 Å². The predicted molar refractivity (Wildman–Crippen MR) is 123 cm³/mol. The molecule has 1 N–H and O–H groups in total. The minimum absolute atomic E-state index is 0.0319. The third-order valence-electron chi connectivity index (χ3n) is 4.89. The largest absolute Gasteiger partial charge is 0.456 e. The van der Waals surface area contributed by atoms with Gasteiger partial charge in [0, 0.05) is 31.6 Å². The fraction of sp³-hybridized carbons (Fsp3) is 0.304. The van der Waals surface area contributed by atoms with Crippen molar-refractivity contribution in [2.75, 3.05) is 0 Å². The number of ether oxygens (including phenoxy) is 1. The number of esters is 1. The van der Waals surface area contributed by atoms with Crippen LogP contribution in [-0.2, 0) is 16.1 Å². The summed E-state index contributed by atoms with van der Waals surface area (Å²) in [5.41, 5.74) is 2.17. The van der Waals surface area contributed by atoms with Gasteiger partial charge < -0.3 is 10.1 Å². The molecule has 0 saturated carbocycles. The molecular formula is C23H23ClN6O4. The van der Waals surface area contributed by atoms with Crippen LogP contribution in [0, 0.1) is 11.3 Å². The van der Waals surface area contributed by atoms with Gasteiger partial charge in [0.05, 0.1) is 28.5 Å². The molecule has 0 bridgehead atoms. The summed E-state index contributed by atoms with van der Waals surface area (Å²) in [5.74, 6) is -1.39. The first-order chi connectivity index (χ1) is 16.1. The number of nitrogens with zero attached hydrogens (tertiary/aromatic N) is 5. The van der Waals surface area contributed by atoms with Crippen molar-refractivity contribution in [2.45, 2.75) is 46.4 Å². The van der Waals surface area contributed by atoms with Gasteiger partial charge in [-0.3, -0.25) is 19.1 Å². The smallest absolute Gasteiger partial charge is 0.303 e. The Morgan fingerprint density at radius 1 is 1.18 bits per heavy atom. The molecule has 1 aromatic carbocycles. The Morgan fingerprint density at radius 2 is 1.91 bits per heavy atom. The van der Waals surface area contributed by atoms with Crippen molar-refractivity contribution in [2.24, 2.45) is 0 Å². The van der Waals surface area contributed by atoms with Gasteiger partial charge >= 0.3 is 5.97 Å². The Hall–Kier alpha value is -3.97. The predicted octanol–water partition coefficient (Wildman–Crippen LogP) is 3.37. The number of benzene rings is 1. The summed E-state index contributed by atoms with van der Waals surface area (Å²) in [6.07, 6.45) is 1.03. The van der Waals surface area contributed by atoms with Gasteiger partial charge in [-0.05, 0) is 38.1 Å². The molecule has 176 valence electrons. The number of carbonyl (C=O) groups excluding carboxylic acids is 3. The van der Waals surface area contributed by atoms with Crippen molar-refractivity contribution in [3.63, 3.8) is 0 Å². The number of rotatable bonds is 7. The maximum Gasteiger partial charge on any atom is 0.303 e. The summed E-state index contributed by atoms with van der Waals surface area (Å²) in [7, 11) is 0. The second-order valence-electron chi connectivity index (χ2n) is 7.74. The van der Waals surface area contributed by atoms with Crippen LogP contribution in [0.15, 0.2) is 36.5 Å². The number of hydrogen-bond acceptors (Lipinski definition) is 7. The molecule has 0 spiro atoms. The van der Waals surface area contributed by atoms with E-state index in [0.717, 1.165) is 10.2 Å². The number of nitriles is 1. The zero-order chi connectivity index (χ0) is 25.0. The van der Waals surface area contributed by atoms with E-state index in [1.807, 2.05) is 19.1 Å². The fourth-order valence-electron chi connectivity index (χ4n) is 3.36. The molecule has 1 amide bonds. The monoisotopic (exact) mass is 482 g/mol. The first-order valence-corrected chi connectivity index (χ1v) is 10.8. The normalized spacial score (nSPS) is 12.5. The van der Waals surface area contributed by atoms with Crippen LogP contribution < -0.4 is 5.32 Å². The van der Waals surface area contributed by atoms with Crippen LogP contribution in [0.5, 0.6) is 0 Å². The third kappa shape index (κ3) is 5.68. The molecule has 0 aliphatic rings. The number of carbonyl (C=O) groups is 3. The highest BCUT2D eigenvalue weighted by molar-refractivity contribution is 6.32. The Labute approximate surface area is 201 Å². The lowest BCUT2D eigenvalue weighted by Gasteiger charge is -2.13. The molecule has 2 atom stereocenters. The molecule has 2 aromatic heterocycles. The lowest BCUT2D eigenvalue weighted by Crippen LogP contribution is -2.36. The first kappa shape index (κ1) is 24.7. The van der Waals surface area contributed by atoms with Gasteiger partial charge in [0.1, 0.15) is 12.2 Å². The van der Waals surface area contributed by atoms with Gasteiger partial charge in [-0.2, -0.15) is 15.5 Å². The molecule has 34 heavy (non-hydrogen) atoms. The first-order valence-electron chi connectivity index (χ1n) is 10.4. The highest BCUT2D eigenvalue weighted by Gasteiger charge is 2.23. The molecule has 0 aliphatic carbocycles. The van der Waals surface area contributed by atoms with Crippen molar-refractivity contribution in [1.29, 1.82) is 5.26 Å². The lowest BCUT2D eigenvalue weighted by molar-refractivity contribution is -0.146. The molecule has 0 fully saturated rings. The minimum atomic E-state index is -0.744. The van der Waals surface area contributed by atoms with E-state index in [-0.39, 0.29) is 11.7 Å². The van der Waals surface area contributed by atoms with E-state index in [0.29, 0.717) is 28.5 Å². The maximum absolute atomic E-state index is 12.7. The van der Waals surface area contributed by atoms with E-state index in [9.17, 15) is 14.4 Å². The van der Waals surface area contributed by atoms with E-state index in [1.165, 1.54) is 19.9 Å². The van der Waals surface area contributed by atoms with Gasteiger partial charge in [-0.15, -0.1) is 0 Å². The lowest BCUT2D eigenvalue weighted by atomic mass is 10.1. The van der Waals surface area contributed by atoms with Crippen molar-refractivity contribution in [3.05, 3.63) is 58.5 Å². The van der Waals surface area contributed by atoms with Crippen LogP contribution in [0.2, 0.25) is 5.02 Å². The topological polar surface area (TPSA) is 132 Å². The Kier molecular flexibility index (Phi) is 7.48. The molecule has 0 saturated heterocycles. The quantitative estimate of drug-likeness (QED) is 0.510. The summed E-state index contributed by atoms with van der Waals surface area (Å²) in [4.78, 5) is 35.9. The third-order valence-corrected chi connectivity index (χ3v) is 5.20. The second-order valence-corrected chi connectivity index (χ2v) is 8.15. The van der Waals surface area contributed by atoms with Gasteiger partial charge in [0.25, 0.3) is 5.91 Å². The second kappa shape index (κ2) is 10.3. The van der Waals surface area contributed by atoms with E-state index in [1.54, 1.807) is 36.0 Å². The van der Waals surface area contributed by atoms with Crippen molar-refractivity contribution < 1.29 is 19.1 Å². The molecule has 2 heterocycles. The zero-order valence-corrected chi connectivity index (χ0v) is 19.8. The van der Waals surface area contributed by atoms with Crippen molar-refractivity contribution in [3.8, 4) is 17.3 Å². The molecule has 2 unspecified atom stereocenters. The average Bonchev–Trinajstić information content (AvgIpc) is 3.40. The molecule has 0 radical (unpaired) electrons. The average molecular weight is 483 g/mol. The summed E-state index contributed by atoms with van der Waals surface area (Å²) >= 11 is 6.10. The van der Waals surface area contributed by atoms with Gasteiger partial charge in [0.2, 0.25) is 5.91 Å². The number of hydrogen-bond donors (Lipinski definition) is 1. The summed E-state index contributed by atoms with van der Waals surface area (Å²) < 4.78 is 7.85. The van der Waals surface area contributed by atoms with E-state index in [2.05, 4.69) is 15.5 Å². The molecule has 3 rings (SSSR count). The molecule has 0 aliphatic heterocycles. The minimum Gasteiger partial charge on any atom is -0.456 e. The highest BCUT2D eigenvalue weighted by atomic mass is 35.5. The molecular weight excluding hydrogens is 460 g/mol. The van der Waals surface area contributed by atoms with Crippen LogP contribution >= 0.6 is 11.6 Å². The van der Waals surface area contributed by atoms with Gasteiger partial charge in [-0.1, -0.05) is 17.7 Å². The summed E-state index contributed by atoms with van der Waals surface area (Å²) in [6, 6.07) is 10.0. The highest BCUT2D eigenvalue weighted by Crippen LogP contribution is 2.24. The SMILES string of the molecule is CC(=O)OC(C)c1cc(C(=O)NC(C)Cn2ccc(-c3ccc(C#N)c(Cl)c3)n2)nn1C(C)=O. The van der Waals surface area contributed by atoms with E-state index >= 15 is 0 Å². The van der Waals surface area contributed by atoms with Crippen LogP contribution in [0.25, 0.3) is 11.3 Å². The molecule has 10 nitrogen and oxygen atoms in total. The summed E-state index contributed by atoms with van der Waals surface area (Å²) in [5, 5.41) is 20.8.